The van der Waals surface area contributed by atoms with Crippen LogP contribution in [0.2, 0.25) is 0 Å². The summed E-state index contributed by atoms with van der Waals surface area (Å²) in [4.78, 5) is 10.4. The Hall–Kier alpha value is -1.31. The zero-order chi connectivity index (χ0) is 17.7. The van der Waals surface area contributed by atoms with Crippen LogP contribution >= 0.6 is 0 Å². The van der Waals surface area contributed by atoms with Crippen LogP contribution in [0.15, 0.2) is 36.5 Å². The van der Waals surface area contributed by atoms with E-state index in [2.05, 4.69) is 43.4 Å². The van der Waals surface area contributed by atoms with Gasteiger partial charge >= 0.3 is 5.97 Å². The van der Waals surface area contributed by atoms with E-state index in [9.17, 15) is 4.79 Å². The molecule has 2 nitrogen and oxygen atoms in total. The molecule has 0 rings (SSSR count). The molecule has 0 aliphatic heterocycles. The molecule has 24 heavy (non-hydrogen) atoms. The van der Waals surface area contributed by atoms with Gasteiger partial charge in [0.15, 0.2) is 0 Å². The summed E-state index contributed by atoms with van der Waals surface area (Å²) < 4.78 is 0. The summed E-state index contributed by atoms with van der Waals surface area (Å²) in [6.45, 7) is 2.16. The Morgan fingerprint density at radius 2 is 1.12 bits per heavy atom. The Bertz CT molecular complexity index is 353. The molecule has 0 atom stereocenters. The summed E-state index contributed by atoms with van der Waals surface area (Å²) >= 11 is 0. The van der Waals surface area contributed by atoms with Crippen molar-refractivity contribution in [3.8, 4) is 0 Å². The number of carboxylic acids is 1. The van der Waals surface area contributed by atoms with Gasteiger partial charge in [-0.25, -0.2) is 0 Å². The van der Waals surface area contributed by atoms with E-state index < -0.39 is 5.97 Å². The van der Waals surface area contributed by atoms with Gasteiger partial charge in [0, 0.05) is 6.42 Å². The van der Waals surface area contributed by atoms with Crippen LogP contribution in [-0.2, 0) is 4.79 Å². The minimum Gasteiger partial charge on any atom is -0.481 e. The van der Waals surface area contributed by atoms with Crippen molar-refractivity contribution in [2.45, 2.75) is 96.8 Å². The largest absolute Gasteiger partial charge is 0.481 e. The van der Waals surface area contributed by atoms with Crippen molar-refractivity contribution < 1.29 is 9.90 Å². The zero-order valence-electron chi connectivity index (χ0n) is 15.7. The summed E-state index contributed by atoms with van der Waals surface area (Å²) in [6.07, 6.45) is 29.3. The highest BCUT2D eigenvalue weighted by atomic mass is 16.4. The predicted octanol–water partition coefficient (Wildman–Crippen LogP) is 7.22. The fourth-order valence-electron chi connectivity index (χ4n) is 2.60. The van der Waals surface area contributed by atoms with Gasteiger partial charge in [-0.2, -0.15) is 0 Å². The first-order valence-corrected chi connectivity index (χ1v) is 9.94. The van der Waals surface area contributed by atoms with E-state index in [0.29, 0.717) is 6.42 Å². The summed E-state index contributed by atoms with van der Waals surface area (Å²) in [6, 6.07) is 0. The Morgan fingerprint density at radius 3 is 1.67 bits per heavy atom. The molecule has 0 saturated carbocycles. The number of carboxylic acid groups (broad SMARTS) is 1. The SMILES string of the molecule is CCC=CCC=CC/C=C\CCCCCCCCCCCC(=O)O. The lowest BCUT2D eigenvalue weighted by atomic mass is 10.1. The van der Waals surface area contributed by atoms with Gasteiger partial charge in [0.1, 0.15) is 0 Å². The number of rotatable bonds is 17. The van der Waals surface area contributed by atoms with E-state index in [-0.39, 0.29) is 0 Å². The maximum absolute atomic E-state index is 10.4. The van der Waals surface area contributed by atoms with E-state index in [0.717, 1.165) is 32.1 Å². The Morgan fingerprint density at radius 1 is 0.667 bits per heavy atom. The molecule has 0 heterocycles. The highest BCUT2D eigenvalue weighted by molar-refractivity contribution is 5.66. The minimum absolute atomic E-state index is 0.333. The van der Waals surface area contributed by atoms with Crippen LogP contribution in [-0.4, -0.2) is 11.1 Å². The van der Waals surface area contributed by atoms with Gasteiger partial charge in [0.05, 0.1) is 0 Å². The normalized spacial score (nSPS) is 12.0. The standard InChI is InChI=1S/C22H38O2/c1-2-3-4-5-6-7-8-9-10-11-12-13-14-15-16-17-18-19-20-21-22(23)24/h3-4,6-7,9-10H,2,5,8,11-21H2,1H3,(H,23,24)/b4-3?,7-6?,10-9-. The molecule has 0 fully saturated rings. The van der Waals surface area contributed by atoms with Crippen molar-refractivity contribution in [2.75, 3.05) is 0 Å². The lowest BCUT2D eigenvalue weighted by Gasteiger charge is -2.01. The van der Waals surface area contributed by atoms with E-state index >= 15 is 0 Å². The topological polar surface area (TPSA) is 37.3 Å². The zero-order valence-corrected chi connectivity index (χ0v) is 15.7. The quantitative estimate of drug-likeness (QED) is 0.225. The number of aliphatic carboxylic acids is 1. The second-order valence-corrected chi connectivity index (χ2v) is 6.41. The van der Waals surface area contributed by atoms with Crippen LogP contribution in [0.3, 0.4) is 0 Å². The highest BCUT2D eigenvalue weighted by Crippen LogP contribution is 2.11. The molecule has 0 bridgehead atoms. The fourth-order valence-corrected chi connectivity index (χ4v) is 2.60. The summed E-state index contributed by atoms with van der Waals surface area (Å²) in [5.41, 5.74) is 0. The van der Waals surface area contributed by atoms with Gasteiger partial charge in [0.2, 0.25) is 0 Å². The van der Waals surface area contributed by atoms with Crippen LogP contribution < -0.4 is 0 Å². The molecule has 138 valence electrons. The smallest absolute Gasteiger partial charge is 0.303 e. The van der Waals surface area contributed by atoms with Gasteiger partial charge in [-0.3, -0.25) is 4.79 Å². The molecule has 0 aromatic carbocycles. The molecule has 0 aromatic heterocycles. The third kappa shape index (κ3) is 20.7. The lowest BCUT2D eigenvalue weighted by Crippen LogP contribution is -1.93. The summed E-state index contributed by atoms with van der Waals surface area (Å²) in [5.74, 6) is -0.663. The average Bonchev–Trinajstić information content (AvgIpc) is 2.56. The maximum Gasteiger partial charge on any atom is 0.303 e. The van der Waals surface area contributed by atoms with Crippen molar-refractivity contribution >= 4 is 5.97 Å². The Kier molecular flexibility index (Phi) is 18.7. The first-order valence-electron chi connectivity index (χ1n) is 9.94. The van der Waals surface area contributed by atoms with Crippen molar-refractivity contribution in [3.05, 3.63) is 36.5 Å². The summed E-state index contributed by atoms with van der Waals surface area (Å²) in [7, 11) is 0. The number of hydrogen-bond acceptors (Lipinski definition) is 1. The van der Waals surface area contributed by atoms with Crippen LogP contribution in [0.5, 0.6) is 0 Å². The van der Waals surface area contributed by atoms with Crippen molar-refractivity contribution in [3.63, 3.8) is 0 Å². The molecule has 0 spiro atoms. The van der Waals surface area contributed by atoms with E-state index in [1.807, 2.05) is 0 Å². The predicted molar refractivity (Wildman–Crippen MR) is 105 cm³/mol. The van der Waals surface area contributed by atoms with E-state index in [1.54, 1.807) is 0 Å². The minimum atomic E-state index is -0.663. The van der Waals surface area contributed by atoms with Gasteiger partial charge in [0.25, 0.3) is 0 Å². The highest BCUT2D eigenvalue weighted by Gasteiger charge is 1.96. The van der Waals surface area contributed by atoms with Crippen LogP contribution in [0.4, 0.5) is 0 Å². The lowest BCUT2D eigenvalue weighted by molar-refractivity contribution is -0.137. The molecule has 0 saturated heterocycles. The Balaban J connectivity index is 3.18. The molecule has 0 amide bonds. The number of allylic oxidation sites excluding steroid dienone is 6. The fraction of sp³-hybridized carbons (Fsp3) is 0.682. The molecular weight excluding hydrogens is 296 g/mol. The van der Waals surface area contributed by atoms with Crippen molar-refractivity contribution in [2.24, 2.45) is 0 Å². The monoisotopic (exact) mass is 334 g/mol. The first kappa shape index (κ1) is 22.7. The molecule has 2 heteroatoms. The maximum atomic E-state index is 10.4. The average molecular weight is 335 g/mol. The molecule has 1 N–H and O–H groups in total. The number of carbonyl (C=O) groups is 1. The van der Waals surface area contributed by atoms with E-state index in [4.69, 9.17) is 5.11 Å². The second kappa shape index (κ2) is 19.7. The number of hydrogen-bond donors (Lipinski definition) is 1. The van der Waals surface area contributed by atoms with Crippen LogP contribution in [0.25, 0.3) is 0 Å². The molecule has 0 unspecified atom stereocenters. The molecule has 0 aliphatic carbocycles. The Labute approximate surface area is 149 Å². The van der Waals surface area contributed by atoms with Gasteiger partial charge in [-0.1, -0.05) is 88.3 Å². The van der Waals surface area contributed by atoms with Gasteiger partial charge in [-0.05, 0) is 38.5 Å². The third-order valence-corrected chi connectivity index (χ3v) is 4.04. The second-order valence-electron chi connectivity index (χ2n) is 6.41. The molecular formula is C22H38O2. The summed E-state index contributed by atoms with van der Waals surface area (Å²) in [5, 5.41) is 8.55. The van der Waals surface area contributed by atoms with E-state index in [1.165, 1.54) is 51.4 Å². The molecule has 0 aromatic rings. The van der Waals surface area contributed by atoms with Gasteiger partial charge in [-0.15, -0.1) is 0 Å². The molecule has 0 radical (unpaired) electrons. The molecule has 0 aliphatic rings. The first-order chi connectivity index (χ1) is 11.8. The van der Waals surface area contributed by atoms with Crippen LogP contribution in [0.1, 0.15) is 96.8 Å². The van der Waals surface area contributed by atoms with Crippen molar-refractivity contribution in [1.29, 1.82) is 0 Å². The van der Waals surface area contributed by atoms with Crippen LogP contribution in [0, 0.1) is 0 Å². The third-order valence-electron chi connectivity index (χ3n) is 4.04. The van der Waals surface area contributed by atoms with Crippen molar-refractivity contribution in [1.82, 2.24) is 0 Å². The number of unbranched alkanes of at least 4 members (excludes halogenated alkanes) is 9. The van der Waals surface area contributed by atoms with Gasteiger partial charge < -0.3 is 5.11 Å².